The van der Waals surface area contributed by atoms with E-state index >= 15 is 0 Å². The number of rotatable bonds is 6. The molecule has 4 rings (SSSR count). The van der Waals surface area contributed by atoms with Gasteiger partial charge in [0.25, 0.3) is 11.5 Å². The Morgan fingerprint density at radius 2 is 1.81 bits per heavy atom. The van der Waals surface area contributed by atoms with Gasteiger partial charge >= 0.3 is 0 Å². The number of anilines is 1. The van der Waals surface area contributed by atoms with Crippen molar-refractivity contribution in [3.63, 3.8) is 0 Å². The third-order valence-corrected chi connectivity index (χ3v) is 5.51. The fraction of sp³-hybridized carbons (Fsp3) is 0.304. The second-order valence-electron chi connectivity index (χ2n) is 7.47. The normalized spacial score (nSPS) is 15.0. The van der Waals surface area contributed by atoms with E-state index in [1.54, 1.807) is 29.2 Å². The molecule has 0 radical (unpaired) electrons. The van der Waals surface area contributed by atoms with Crippen LogP contribution in [0.3, 0.4) is 0 Å². The quantitative estimate of drug-likeness (QED) is 0.599. The topological polar surface area (TPSA) is 96.3 Å². The van der Waals surface area contributed by atoms with E-state index in [0.29, 0.717) is 30.4 Å². The molecule has 3 aromatic rings. The van der Waals surface area contributed by atoms with Crippen LogP contribution in [-0.4, -0.2) is 32.8 Å². The van der Waals surface area contributed by atoms with Gasteiger partial charge in [0.15, 0.2) is 0 Å². The van der Waals surface area contributed by atoms with Gasteiger partial charge in [-0.15, -0.1) is 0 Å². The lowest BCUT2D eigenvalue weighted by molar-refractivity contribution is -0.142. The van der Waals surface area contributed by atoms with E-state index in [9.17, 15) is 14.4 Å². The van der Waals surface area contributed by atoms with E-state index in [1.165, 1.54) is 4.57 Å². The minimum atomic E-state index is -0.760. The molecule has 8 nitrogen and oxygen atoms in total. The Balaban J connectivity index is 1.62. The fourth-order valence-electron chi connectivity index (χ4n) is 3.95. The third kappa shape index (κ3) is 4.14. The molecule has 1 saturated heterocycles. The lowest BCUT2D eigenvalue weighted by Crippen LogP contribution is -2.47. The van der Waals surface area contributed by atoms with E-state index < -0.39 is 6.04 Å². The molecule has 0 bridgehead atoms. The maximum atomic E-state index is 13.2. The Morgan fingerprint density at radius 1 is 1.06 bits per heavy atom. The predicted molar refractivity (Wildman–Crippen MR) is 118 cm³/mol. The highest BCUT2D eigenvalue weighted by Gasteiger charge is 2.32. The van der Waals surface area contributed by atoms with Crippen LogP contribution in [0.2, 0.25) is 0 Å². The number of benzene rings is 2. The summed E-state index contributed by atoms with van der Waals surface area (Å²) >= 11 is 0. The Bertz CT molecular complexity index is 1160. The van der Waals surface area contributed by atoms with Crippen LogP contribution in [0.1, 0.15) is 37.8 Å². The van der Waals surface area contributed by atoms with Crippen LogP contribution in [0.4, 0.5) is 5.95 Å². The molecule has 160 valence electrons. The number of hydrazine groups is 1. The number of para-hydroxylation sites is 1. The summed E-state index contributed by atoms with van der Waals surface area (Å²) in [5, 5.41) is 0.516. The van der Waals surface area contributed by atoms with Crippen molar-refractivity contribution >= 4 is 28.7 Å². The second-order valence-corrected chi connectivity index (χ2v) is 7.47. The van der Waals surface area contributed by atoms with E-state index in [4.69, 9.17) is 0 Å². The van der Waals surface area contributed by atoms with Gasteiger partial charge in [-0.25, -0.2) is 4.98 Å². The number of amides is 2. The van der Waals surface area contributed by atoms with Crippen molar-refractivity contribution in [2.45, 2.75) is 38.8 Å². The van der Waals surface area contributed by atoms with E-state index in [1.807, 2.05) is 37.3 Å². The number of piperidine rings is 1. The number of hydrogen-bond acceptors (Lipinski definition) is 5. The summed E-state index contributed by atoms with van der Waals surface area (Å²) in [6.07, 6.45) is 2.13. The smallest absolute Gasteiger partial charge is 0.265 e. The molecule has 2 amide bonds. The van der Waals surface area contributed by atoms with Gasteiger partial charge in [-0.1, -0.05) is 42.5 Å². The maximum absolute atomic E-state index is 13.2. The van der Waals surface area contributed by atoms with Gasteiger partial charge in [-0.05, 0) is 37.5 Å². The molecular formula is C23H25N5O3. The molecule has 1 fully saturated rings. The van der Waals surface area contributed by atoms with Crippen LogP contribution in [0.15, 0.2) is 59.4 Å². The number of fused-ring (bicyclic) bond motifs is 1. The first kappa shape index (κ1) is 20.6. The number of aromatic nitrogens is 2. The molecule has 0 saturated carbocycles. The van der Waals surface area contributed by atoms with Gasteiger partial charge in [-0.3, -0.25) is 29.8 Å². The Morgan fingerprint density at radius 3 is 2.55 bits per heavy atom. The molecule has 2 aromatic carbocycles. The fourth-order valence-corrected chi connectivity index (χ4v) is 3.95. The average Bonchev–Trinajstić information content (AvgIpc) is 2.80. The van der Waals surface area contributed by atoms with Gasteiger partial charge in [0.1, 0.15) is 6.04 Å². The zero-order chi connectivity index (χ0) is 21.8. The van der Waals surface area contributed by atoms with Gasteiger partial charge < -0.3 is 4.90 Å². The summed E-state index contributed by atoms with van der Waals surface area (Å²) in [6.45, 7) is 2.76. The summed E-state index contributed by atoms with van der Waals surface area (Å²) in [5.41, 5.74) is 6.58. The molecule has 1 aromatic heterocycles. The van der Waals surface area contributed by atoms with Gasteiger partial charge in [0.05, 0.1) is 10.9 Å². The first-order valence-corrected chi connectivity index (χ1v) is 10.5. The largest absolute Gasteiger partial charge is 0.326 e. The number of nitrogens with zero attached hydrogens (tertiary/aromatic N) is 3. The highest BCUT2D eigenvalue weighted by atomic mass is 16.2. The van der Waals surface area contributed by atoms with E-state index in [0.717, 1.165) is 18.4 Å². The molecule has 1 aliphatic rings. The SMILES string of the molecule is CCn1c(NNC(=O)C(c2ccccc2)N2CCCCC2=O)nc2ccccc2c1=O. The summed E-state index contributed by atoms with van der Waals surface area (Å²) < 4.78 is 1.46. The molecule has 0 spiro atoms. The molecule has 0 aliphatic carbocycles. The summed E-state index contributed by atoms with van der Waals surface area (Å²) in [6, 6.07) is 15.5. The van der Waals surface area contributed by atoms with E-state index in [-0.39, 0.29) is 23.3 Å². The van der Waals surface area contributed by atoms with Crippen LogP contribution >= 0.6 is 0 Å². The Kier molecular flexibility index (Phi) is 5.97. The lowest BCUT2D eigenvalue weighted by Gasteiger charge is -2.34. The van der Waals surface area contributed by atoms with Crippen LogP contribution in [0, 0.1) is 0 Å². The van der Waals surface area contributed by atoms with E-state index in [2.05, 4.69) is 15.8 Å². The summed E-state index contributed by atoms with van der Waals surface area (Å²) in [4.78, 5) is 44.7. The first-order valence-electron chi connectivity index (χ1n) is 10.5. The number of likely N-dealkylation sites (tertiary alicyclic amines) is 1. The monoisotopic (exact) mass is 419 g/mol. The zero-order valence-electron chi connectivity index (χ0n) is 17.4. The molecule has 2 N–H and O–H groups in total. The van der Waals surface area contributed by atoms with Crippen LogP contribution in [-0.2, 0) is 16.1 Å². The average molecular weight is 419 g/mol. The zero-order valence-corrected chi connectivity index (χ0v) is 17.4. The van der Waals surface area contributed by atoms with Gasteiger partial charge in [0, 0.05) is 19.5 Å². The maximum Gasteiger partial charge on any atom is 0.265 e. The van der Waals surface area contributed by atoms with Gasteiger partial charge in [0.2, 0.25) is 11.9 Å². The van der Waals surface area contributed by atoms with Crippen LogP contribution in [0.5, 0.6) is 0 Å². The second kappa shape index (κ2) is 8.99. The molecule has 1 unspecified atom stereocenters. The Labute approximate surface area is 179 Å². The molecule has 8 heteroatoms. The number of carbonyl (C=O) groups excluding carboxylic acids is 2. The molecule has 31 heavy (non-hydrogen) atoms. The summed E-state index contributed by atoms with van der Waals surface area (Å²) in [7, 11) is 0. The number of hydrogen-bond donors (Lipinski definition) is 2. The number of carbonyl (C=O) groups is 2. The van der Waals surface area contributed by atoms with Crippen molar-refractivity contribution in [2.24, 2.45) is 0 Å². The standard InChI is InChI=1S/C23H25N5O3/c1-2-27-22(31)17-12-6-7-13-18(17)24-23(27)26-25-21(30)20(16-10-4-3-5-11-16)28-15-9-8-14-19(28)29/h3-7,10-13,20H,2,8-9,14-15H2,1H3,(H,24,26)(H,25,30). The van der Waals surface area contributed by atoms with Crippen molar-refractivity contribution in [1.82, 2.24) is 19.9 Å². The molecule has 2 heterocycles. The first-order chi connectivity index (χ1) is 15.1. The van der Waals surface area contributed by atoms with Crippen molar-refractivity contribution in [2.75, 3.05) is 12.0 Å². The third-order valence-electron chi connectivity index (χ3n) is 5.51. The van der Waals surface area contributed by atoms with Crippen molar-refractivity contribution in [3.05, 3.63) is 70.5 Å². The highest BCUT2D eigenvalue weighted by molar-refractivity contribution is 5.89. The minimum Gasteiger partial charge on any atom is -0.326 e. The lowest BCUT2D eigenvalue weighted by atomic mass is 10.0. The van der Waals surface area contributed by atoms with Crippen molar-refractivity contribution in [3.8, 4) is 0 Å². The predicted octanol–water partition coefficient (Wildman–Crippen LogP) is 2.61. The Hall–Kier alpha value is -3.68. The molecular weight excluding hydrogens is 394 g/mol. The number of nitrogens with one attached hydrogen (secondary N) is 2. The summed E-state index contributed by atoms with van der Waals surface area (Å²) in [5.74, 6) is -0.174. The van der Waals surface area contributed by atoms with Crippen LogP contribution in [0.25, 0.3) is 10.9 Å². The minimum absolute atomic E-state index is 0.0375. The van der Waals surface area contributed by atoms with Crippen molar-refractivity contribution in [1.29, 1.82) is 0 Å². The van der Waals surface area contributed by atoms with Crippen molar-refractivity contribution < 1.29 is 9.59 Å². The molecule has 1 aliphatic heterocycles. The van der Waals surface area contributed by atoms with Crippen LogP contribution < -0.4 is 16.4 Å². The highest BCUT2D eigenvalue weighted by Crippen LogP contribution is 2.25. The molecule has 1 atom stereocenters. The van der Waals surface area contributed by atoms with Gasteiger partial charge in [-0.2, -0.15) is 0 Å².